The number of para-hydroxylation sites is 1. The van der Waals surface area contributed by atoms with E-state index < -0.39 is 12.0 Å². The van der Waals surface area contributed by atoms with Crippen molar-refractivity contribution in [3.8, 4) is 5.75 Å². The monoisotopic (exact) mass is 393 g/mol. The van der Waals surface area contributed by atoms with Crippen LogP contribution in [0.4, 0.5) is 5.69 Å². The summed E-state index contributed by atoms with van der Waals surface area (Å²) in [7, 11) is 1.54. The van der Waals surface area contributed by atoms with E-state index in [1.807, 2.05) is 36.4 Å². The third kappa shape index (κ3) is 3.97. The van der Waals surface area contributed by atoms with Crippen LogP contribution in [0.25, 0.3) is 21.9 Å². The molecule has 1 aliphatic rings. The van der Waals surface area contributed by atoms with E-state index in [-0.39, 0.29) is 11.9 Å². The summed E-state index contributed by atoms with van der Waals surface area (Å²) in [5.74, 6) is -0.0849. The first-order valence-electron chi connectivity index (χ1n) is 9.71. The average molecular weight is 393 g/mol. The van der Waals surface area contributed by atoms with E-state index >= 15 is 0 Å². The highest BCUT2D eigenvalue weighted by atomic mass is 16.5. The molecule has 2 aromatic carbocycles. The van der Waals surface area contributed by atoms with Gasteiger partial charge in [0.05, 0.1) is 19.2 Å². The lowest BCUT2D eigenvalue weighted by atomic mass is 10.1. The molecule has 29 heavy (non-hydrogen) atoms. The number of esters is 1. The number of carbonyl (C=O) groups excluding carboxylic acids is 2. The van der Waals surface area contributed by atoms with Crippen molar-refractivity contribution in [2.45, 2.75) is 32.3 Å². The van der Waals surface area contributed by atoms with Crippen molar-refractivity contribution < 1.29 is 23.5 Å². The molecule has 1 amide bonds. The van der Waals surface area contributed by atoms with Gasteiger partial charge in [-0.15, -0.1) is 0 Å². The molecule has 0 aliphatic heterocycles. The van der Waals surface area contributed by atoms with Gasteiger partial charge in [0.1, 0.15) is 16.9 Å². The topological polar surface area (TPSA) is 77.8 Å². The fraction of sp³-hybridized carbons (Fsp3) is 0.304. The Labute approximate surface area is 168 Å². The largest absolute Gasteiger partial charge is 0.495 e. The molecule has 0 unspecified atom stereocenters. The number of amides is 1. The highest BCUT2D eigenvalue weighted by Gasteiger charge is 2.22. The van der Waals surface area contributed by atoms with Gasteiger partial charge < -0.3 is 19.2 Å². The number of ether oxygens (including phenoxy) is 2. The second-order valence-electron chi connectivity index (χ2n) is 7.24. The molecule has 0 saturated carbocycles. The van der Waals surface area contributed by atoms with Gasteiger partial charge in [0.15, 0.2) is 6.10 Å². The van der Waals surface area contributed by atoms with Crippen LogP contribution in [0.15, 0.2) is 53.0 Å². The highest BCUT2D eigenvalue weighted by Crippen LogP contribution is 2.36. The Bertz CT molecular complexity index is 1100. The predicted octanol–water partition coefficient (Wildman–Crippen LogP) is 4.82. The van der Waals surface area contributed by atoms with E-state index in [0.29, 0.717) is 23.4 Å². The van der Waals surface area contributed by atoms with Gasteiger partial charge in [-0.1, -0.05) is 30.4 Å². The molecule has 0 fully saturated rings. The fourth-order valence-corrected chi connectivity index (χ4v) is 3.63. The maximum absolute atomic E-state index is 12.6. The zero-order valence-corrected chi connectivity index (χ0v) is 16.4. The van der Waals surface area contributed by atoms with Gasteiger partial charge in [0.25, 0.3) is 5.91 Å². The number of fused-ring (bicyclic) bond motifs is 3. The Morgan fingerprint density at radius 3 is 2.79 bits per heavy atom. The number of hydrogen-bond acceptors (Lipinski definition) is 5. The van der Waals surface area contributed by atoms with Crippen molar-refractivity contribution in [1.82, 2.24) is 0 Å². The van der Waals surface area contributed by atoms with Crippen LogP contribution >= 0.6 is 0 Å². The van der Waals surface area contributed by atoms with Crippen LogP contribution in [0.3, 0.4) is 0 Å². The molecule has 1 heterocycles. The number of nitrogens with one attached hydrogen (secondary N) is 1. The molecule has 2 atom stereocenters. The second kappa shape index (κ2) is 7.99. The number of anilines is 1. The summed E-state index contributed by atoms with van der Waals surface area (Å²) in [4.78, 5) is 24.7. The summed E-state index contributed by atoms with van der Waals surface area (Å²) in [6.07, 6.45) is 5.41. The minimum atomic E-state index is -0.913. The summed E-state index contributed by atoms with van der Waals surface area (Å²) in [5.41, 5.74) is 1.86. The van der Waals surface area contributed by atoms with Crippen molar-refractivity contribution in [3.05, 3.63) is 48.6 Å². The molecular formula is C23H23NO5. The standard InChI is InChI=1S/C23H23NO5/c1-14(28-22(25)11-15-7-3-4-8-15)23(26)24-18-13-20-17(12-21(18)27-2)16-9-5-6-10-19(16)29-20/h3,5-7,9-10,12-15H,4,8,11H2,1-2H3,(H,24,26)/t14-,15+/m1/s1. The number of rotatable bonds is 6. The SMILES string of the molecule is COc1cc2c(cc1NC(=O)[C@@H](C)OC(=O)C[C@H]1C=CCC1)oc1ccccc12. The van der Waals surface area contributed by atoms with Crippen LogP contribution in [-0.2, 0) is 14.3 Å². The van der Waals surface area contributed by atoms with Crippen LogP contribution in [0.2, 0.25) is 0 Å². The molecule has 1 aromatic heterocycles. The quantitative estimate of drug-likeness (QED) is 0.480. The average Bonchev–Trinajstić information content (AvgIpc) is 3.34. The zero-order valence-electron chi connectivity index (χ0n) is 16.4. The van der Waals surface area contributed by atoms with E-state index in [1.165, 1.54) is 7.11 Å². The first kappa shape index (κ1) is 19.1. The Hall–Kier alpha value is -3.28. The number of hydrogen-bond donors (Lipinski definition) is 1. The van der Waals surface area contributed by atoms with Crippen LogP contribution in [0.5, 0.6) is 5.75 Å². The Morgan fingerprint density at radius 2 is 2.03 bits per heavy atom. The number of allylic oxidation sites excluding steroid dienone is 2. The van der Waals surface area contributed by atoms with Crippen molar-refractivity contribution in [2.75, 3.05) is 12.4 Å². The Kier molecular flexibility index (Phi) is 5.25. The molecule has 150 valence electrons. The van der Waals surface area contributed by atoms with Gasteiger partial charge >= 0.3 is 5.97 Å². The third-order valence-corrected chi connectivity index (χ3v) is 5.18. The lowest BCUT2D eigenvalue weighted by Gasteiger charge is -2.16. The molecule has 4 rings (SSSR count). The Balaban J connectivity index is 1.49. The normalized spacial score (nSPS) is 16.8. The van der Waals surface area contributed by atoms with E-state index in [9.17, 15) is 9.59 Å². The molecule has 0 bridgehead atoms. The van der Waals surface area contributed by atoms with Gasteiger partial charge in [-0.05, 0) is 37.8 Å². The summed E-state index contributed by atoms with van der Waals surface area (Å²) in [5, 5.41) is 4.66. The molecule has 0 saturated heterocycles. The lowest BCUT2D eigenvalue weighted by Crippen LogP contribution is -2.30. The first-order valence-corrected chi connectivity index (χ1v) is 9.71. The van der Waals surface area contributed by atoms with Crippen LogP contribution < -0.4 is 10.1 Å². The fourth-order valence-electron chi connectivity index (χ4n) is 3.63. The van der Waals surface area contributed by atoms with Crippen LogP contribution in [0, 0.1) is 5.92 Å². The number of carbonyl (C=O) groups is 2. The first-order chi connectivity index (χ1) is 14.0. The van der Waals surface area contributed by atoms with Crippen LogP contribution in [0.1, 0.15) is 26.2 Å². The maximum Gasteiger partial charge on any atom is 0.307 e. The van der Waals surface area contributed by atoms with Crippen molar-refractivity contribution in [1.29, 1.82) is 0 Å². The van der Waals surface area contributed by atoms with E-state index in [0.717, 1.165) is 29.2 Å². The molecule has 1 aliphatic carbocycles. The van der Waals surface area contributed by atoms with Gasteiger partial charge in [0, 0.05) is 16.8 Å². The molecule has 0 spiro atoms. The second-order valence-corrected chi connectivity index (χ2v) is 7.24. The smallest absolute Gasteiger partial charge is 0.307 e. The van der Waals surface area contributed by atoms with Gasteiger partial charge in [-0.25, -0.2) is 0 Å². The zero-order chi connectivity index (χ0) is 20.4. The van der Waals surface area contributed by atoms with Gasteiger partial charge in [-0.2, -0.15) is 0 Å². The highest BCUT2D eigenvalue weighted by molar-refractivity contribution is 6.08. The lowest BCUT2D eigenvalue weighted by molar-refractivity contribution is -0.153. The molecule has 3 aromatic rings. The van der Waals surface area contributed by atoms with Gasteiger partial charge in [0.2, 0.25) is 0 Å². The van der Waals surface area contributed by atoms with E-state index in [4.69, 9.17) is 13.9 Å². The molecule has 1 N–H and O–H groups in total. The van der Waals surface area contributed by atoms with E-state index in [2.05, 4.69) is 11.4 Å². The number of methoxy groups -OCH3 is 1. The third-order valence-electron chi connectivity index (χ3n) is 5.18. The summed E-state index contributed by atoms with van der Waals surface area (Å²) < 4.78 is 16.6. The molecule has 6 heteroatoms. The van der Waals surface area contributed by atoms with Crippen LogP contribution in [-0.4, -0.2) is 25.1 Å². The summed E-state index contributed by atoms with van der Waals surface area (Å²) >= 11 is 0. The minimum Gasteiger partial charge on any atom is -0.495 e. The van der Waals surface area contributed by atoms with Crippen molar-refractivity contribution >= 4 is 39.5 Å². The Morgan fingerprint density at radius 1 is 1.21 bits per heavy atom. The number of benzene rings is 2. The molecular weight excluding hydrogens is 370 g/mol. The molecule has 0 radical (unpaired) electrons. The summed E-state index contributed by atoms with van der Waals surface area (Å²) in [6.45, 7) is 1.56. The maximum atomic E-state index is 12.6. The molecule has 6 nitrogen and oxygen atoms in total. The minimum absolute atomic E-state index is 0.202. The predicted molar refractivity (Wildman–Crippen MR) is 111 cm³/mol. The van der Waals surface area contributed by atoms with E-state index in [1.54, 1.807) is 13.0 Å². The van der Waals surface area contributed by atoms with Gasteiger partial charge in [-0.3, -0.25) is 9.59 Å². The van der Waals surface area contributed by atoms with Crippen molar-refractivity contribution in [3.63, 3.8) is 0 Å². The van der Waals surface area contributed by atoms with Crippen molar-refractivity contribution in [2.24, 2.45) is 5.92 Å². The summed E-state index contributed by atoms with van der Waals surface area (Å²) in [6, 6.07) is 11.3. The number of furan rings is 1.